The van der Waals surface area contributed by atoms with Crippen LogP contribution in [0, 0.1) is 0 Å². The molecule has 8 heteroatoms. The van der Waals surface area contributed by atoms with E-state index in [1.165, 1.54) is 24.3 Å². The highest BCUT2D eigenvalue weighted by Gasteiger charge is 2.13. The van der Waals surface area contributed by atoms with Crippen LogP contribution >= 0.6 is 0 Å². The van der Waals surface area contributed by atoms with Crippen LogP contribution in [-0.4, -0.2) is 20.9 Å². The zero-order valence-corrected chi connectivity index (χ0v) is 9.83. The number of hydrogen-bond acceptors (Lipinski definition) is 5. The molecule has 0 atom stereocenters. The van der Waals surface area contributed by atoms with E-state index >= 15 is 0 Å². The Morgan fingerprint density at radius 2 is 1.82 bits per heavy atom. The van der Waals surface area contributed by atoms with Gasteiger partial charge in [0.25, 0.3) is 0 Å². The summed E-state index contributed by atoms with van der Waals surface area (Å²) in [7, 11) is -3.61. The second-order valence-electron chi connectivity index (χ2n) is 3.28. The van der Waals surface area contributed by atoms with Crippen LogP contribution in [0.2, 0.25) is 0 Å². The fourth-order valence-corrected chi connectivity index (χ4v) is 2.15. The third-order valence-corrected chi connectivity index (χ3v) is 3.47. The molecule has 0 unspecified atom stereocenters. The van der Waals surface area contributed by atoms with Crippen molar-refractivity contribution in [1.29, 1.82) is 0 Å². The van der Waals surface area contributed by atoms with E-state index in [9.17, 15) is 13.2 Å². The molecule has 1 amide bonds. The molecule has 0 spiro atoms. The summed E-state index contributed by atoms with van der Waals surface area (Å²) in [5.41, 5.74) is 7.89. The highest BCUT2D eigenvalue weighted by Crippen LogP contribution is 2.12. The normalized spacial score (nSPS) is 11.1. The smallest absolute Gasteiger partial charge is 0.240 e. The second-order valence-corrected chi connectivity index (χ2v) is 5.05. The van der Waals surface area contributed by atoms with Gasteiger partial charge in [0.05, 0.1) is 4.90 Å². The van der Waals surface area contributed by atoms with Gasteiger partial charge in [0.2, 0.25) is 15.9 Å². The van der Waals surface area contributed by atoms with Crippen molar-refractivity contribution >= 4 is 21.6 Å². The van der Waals surface area contributed by atoms with Crippen LogP contribution < -0.4 is 21.7 Å². The fraction of sp³-hybridized carbons (Fsp3) is 0.222. The Labute approximate surface area is 99.2 Å². The molecule has 0 heterocycles. The number of anilines is 1. The number of hydrazine groups is 1. The summed E-state index contributed by atoms with van der Waals surface area (Å²) in [6, 6.07) is 5.87. The van der Waals surface area contributed by atoms with Gasteiger partial charge >= 0.3 is 0 Å². The summed E-state index contributed by atoms with van der Waals surface area (Å²) in [6.07, 6.45) is -0.0400. The first-order valence-electron chi connectivity index (χ1n) is 4.80. The van der Waals surface area contributed by atoms with Gasteiger partial charge in [0.15, 0.2) is 0 Å². The van der Waals surface area contributed by atoms with Crippen molar-refractivity contribution < 1.29 is 13.2 Å². The molecule has 1 rings (SSSR count). The molecule has 0 saturated carbocycles. The maximum Gasteiger partial charge on any atom is 0.240 e. The Kier molecular flexibility index (Phi) is 4.44. The summed E-state index contributed by atoms with van der Waals surface area (Å²) < 4.78 is 25.7. The van der Waals surface area contributed by atoms with Crippen molar-refractivity contribution in [2.75, 3.05) is 12.0 Å². The van der Waals surface area contributed by atoms with E-state index in [-0.39, 0.29) is 17.9 Å². The maximum absolute atomic E-state index is 11.7. The zero-order valence-electron chi connectivity index (χ0n) is 9.01. The standard InChI is InChI=1S/C9H14N4O3S/c10-9(14)5-6-12-17(15,16)8-3-1-7(13-11)2-4-8/h1-4,12-13H,5-6,11H2,(H2,10,14). The van der Waals surface area contributed by atoms with Crippen LogP contribution in [-0.2, 0) is 14.8 Å². The van der Waals surface area contributed by atoms with Crippen molar-refractivity contribution in [2.45, 2.75) is 11.3 Å². The number of primary amides is 1. The van der Waals surface area contributed by atoms with E-state index in [2.05, 4.69) is 10.1 Å². The Bertz CT molecular complexity index is 483. The summed E-state index contributed by atoms with van der Waals surface area (Å²) in [6.45, 7) is -0.0193. The van der Waals surface area contributed by atoms with E-state index in [1.807, 2.05) is 0 Å². The van der Waals surface area contributed by atoms with Crippen LogP contribution in [0.3, 0.4) is 0 Å². The number of carbonyl (C=O) groups is 1. The lowest BCUT2D eigenvalue weighted by atomic mass is 10.3. The molecule has 94 valence electrons. The van der Waals surface area contributed by atoms with Crippen molar-refractivity contribution in [3.05, 3.63) is 24.3 Å². The molecule has 0 aliphatic rings. The van der Waals surface area contributed by atoms with Crippen LogP contribution in [0.4, 0.5) is 5.69 Å². The highest BCUT2D eigenvalue weighted by atomic mass is 32.2. The average Bonchev–Trinajstić information content (AvgIpc) is 2.28. The van der Waals surface area contributed by atoms with Crippen molar-refractivity contribution in [1.82, 2.24) is 4.72 Å². The van der Waals surface area contributed by atoms with Crippen LogP contribution in [0.1, 0.15) is 6.42 Å². The Morgan fingerprint density at radius 3 is 2.29 bits per heavy atom. The molecular weight excluding hydrogens is 244 g/mol. The summed E-state index contributed by atoms with van der Waals surface area (Å²) in [4.78, 5) is 10.6. The van der Waals surface area contributed by atoms with E-state index in [0.717, 1.165) is 0 Å². The van der Waals surface area contributed by atoms with Gasteiger partial charge in [-0.1, -0.05) is 0 Å². The number of rotatable bonds is 6. The number of nitrogens with one attached hydrogen (secondary N) is 2. The van der Waals surface area contributed by atoms with Gasteiger partial charge in [-0.25, -0.2) is 13.1 Å². The summed E-state index contributed by atoms with van der Waals surface area (Å²) >= 11 is 0. The van der Waals surface area contributed by atoms with Gasteiger partial charge in [0, 0.05) is 18.7 Å². The van der Waals surface area contributed by atoms with E-state index < -0.39 is 15.9 Å². The minimum atomic E-state index is -3.61. The van der Waals surface area contributed by atoms with Gasteiger partial charge in [-0.05, 0) is 24.3 Å². The van der Waals surface area contributed by atoms with Gasteiger partial charge in [-0.3, -0.25) is 10.6 Å². The Hall–Kier alpha value is -1.64. The molecule has 0 aromatic heterocycles. The number of benzene rings is 1. The van der Waals surface area contributed by atoms with Crippen LogP contribution in [0.25, 0.3) is 0 Å². The maximum atomic E-state index is 11.7. The predicted octanol–water partition coefficient (Wildman–Crippen LogP) is -0.874. The van der Waals surface area contributed by atoms with Crippen molar-refractivity contribution in [3.8, 4) is 0 Å². The first-order chi connectivity index (χ1) is 7.95. The first-order valence-corrected chi connectivity index (χ1v) is 6.28. The molecule has 1 aromatic carbocycles. The quantitative estimate of drug-likeness (QED) is 0.389. The number of nitrogen functional groups attached to an aromatic ring is 1. The number of carbonyl (C=O) groups excluding carboxylic acids is 1. The average molecular weight is 258 g/mol. The molecule has 1 aromatic rings. The highest BCUT2D eigenvalue weighted by molar-refractivity contribution is 7.89. The first kappa shape index (κ1) is 13.4. The fourth-order valence-electron chi connectivity index (χ4n) is 1.12. The SMILES string of the molecule is NNc1ccc(S(=O)(=O)NCCC(N)=O)cc1. The zero-order chi connectivity index (χ0) is 12.9. The molecule has 0 radical (unpaired) electrons. The third kappa shape index (κ3) is 4.02. The lowest BCUT2D eigenvalue weighted by molar-refractivity contribution is -0.117. The monoisotopic (exact) mass is 258 g/mol. The van der Waals surface area contributed by atoms with E-state index in [1.54, 1.807) is 0 Å². The molecule has 0 bridgehead atoms. The number of sulfonamides is 1. The molecule has 7 nitrogen and oxygen atoms in total. The third-order valence-electron chi connectivity index (χ3n) is 1.99. The predicted molar refractivity (Wildman–Crippen MR) is 63.3 cm³/mol. The van der Waals surface area contributed by atoms with Crippen LogP contribution in [0.15, 0.2) is 29.2 Å². The van der Waals surface area contributed by atoms with E-state index in [4.69, 9.17) is 11.6 Å². The number of nitrogens with two attached hydrogens (primary N) is 2. The molecule has 6 N–H and O–H groups in total. The Morgan fingerprint density at radius 1 is 1.24 bits per heavy atom. The topological polar surface area (TPSA) is 127 Å². The summed E-state index contributed by atoms with van der Waals surface area (Å²) in [5, 5.41) is 0. The van der Waals surface area contributed by atoms with Gasteiger partial charge < -0.3 is 11.2 Å². The van der Waals surface area contributed by atoms with Crippen molar-refractivity contribution in [3.63, 3.8) is 0 Å². The molecule has 0 aliphatic heterocycles. The Balaban J connectivity index is 2.72. The lowest BCUT2D eigenvalue weighted by Crippen LogP contribution is -2.28. The lowest BCUT2D eigenvalue weighted by Gasteiger charge is -2.06. The van der Waals surface area contributed by atoms with Crippen molar-refractivity contribution in [2.24, 2.45) is 11.6 Å². The minimum Gasteiger partial charge on any atom is -0.370 e. The summed E-state index contributed by atoms with van der Waals surface area (Å²) in [5.74, 6) is 4.60. The molecule has 0 aliphatic carbocycles. The van der Waals surface area contributed by atoms with Gasteiger partial charge in [-0.15, -0.1) is 0 Å². The molecule has 0 saturated heterocycles. The number of hydrogen-bond donors (Lipinski definition) is 4. The van der Waals surface area contributed by atoms with Gasteiger partial charge in [0.1, 0.15) is 0 Å². The van der Waals surface area contributed by atoms with Gasteiger partial charge in [-0.2, -0.15) is 0 Å². The minimum absolute atomic E-state index is 0.0193. The molecular formula is C9H14N4O3S. The second kappa shape index (κ2) is 5.62. The number of amides is 1. The molecule has 17 heavy (non-hydrogen) atoms. The van der Waals surface area contributed by atoms with E-state index in [0.29, 0.717) is 5.69 Å². The molecule has 0 fully saturated rings. The van der Waals surface area contributed by atoms with Crippen LogP contribution in [0.5, 0.6) is 0 Å². The largest absolute Gasteiger partial charge is 0.370 e.